The van der Waals surface area contributed by atoms with Crippen molar-refractivity contribution < 1.29 is 37.0 Å². The number of nitrogens with one attached hydrogen (secondary N) is 1. The van der Waals surface area contributed by atoms with E-state index in [-0.39, 0.29) is 5.75 Å². The van der Waals surface area contributed by atoms with Crippen LogP contribution < -0.4 is 15.8 Å². The number of ether oxygens (including phenoxy) is 2. The number of imide groups is 1. The van der Waals surface area contributed by atoms with E-state index >= 15 is 0 Å². The second-order valence-electron chi connectivity index (χ2n) is 5.32. The molecule has 0 aliphatic heterocycles. The summed E-state index contributed by atoms with van der Waals surface area (Å²) in [6, 6.07) is 2.84. The minimum absolute atomic E-state index is 0.186. The first-order chi connectivity index (χ1) is 11.5. The Morgan fingerprint density at radius 3 is 2.40 bits per heavy atom. The molecule has 1 aromatic rings. The first-order valence-electron chi connectivity index (χ1n) is 7.10. The van der Waals surface area contributed by atoms with E-state index in [1.165, 1.54) is 6.07 Å². The van der Waals surface area contributed by atoms with Crippen molar-refractivity contribution in [1.82, 2.24) is 5.32 Å². The zero-order valence-electron chi connectivity index (χ0n) is 13.4. The Kier molecular flexibility index (Phi) is 6.77. The van der Waals surface area contributed by atoms with Crippen molar-refractivity contribution >= 4 is 17.9 Å². The predicted octanol–water partition coefficient (Wildman–Crippen LogP) is 1.85. The van der Waals surface area contributed by atoms with Crippen molar-refractivity contribution in [3.8, 4) is 5.75 Å². The van der Waals surface area contributed by atoms with Gasteiger partial charge in [-0.1, -0.05) is 19.9 Å². The summed E-state index contributed by atoms with van der Waals surface area (Å²) < 4.78 is 47.6. The first kappa shape index (κ1) is 20.3. The normalized spacial score (nSPS) is 12.4. The second-order valence-corrected chi connectivity index (χ2v) is 5.32. The fourth-order valence-electron chi connectivity index (χ4n) is 1.77. The van der Waals surface area contributed by atoms with Gasteiger partial charge in [-0.05, 0) is 24.1 Å². The molecule has 0 saturated carbocycles. The van der Waals surface area contributed by atoms with Gasteiger partial charge in [-0.3, -0.25) is 10.1 Å². The minimum Gasteiger partial charge on any atom is -0.482 e. The Morgan fingerprint density at radius 1 is 1.24 bits per heavy atom. The highest BCUT2D eigenvalue weighted by molar-refractivity contribution is 5.96. The van der Waals surface area contributed by atoms with E-state index in [0.29, 0.717) is 0 Å². The van der Waals surface area contributed by atoms with E-state index in [4.69, 9.17) is 15.2 Å². The van der Waals surface area contributed by atoms with Gasteiger partial charge in [0.25, 0.3) is 5.91 Å². The Hall–Kier alpha value is -2.78. The molecule has 0 saturated heterocycles. The van der Waals surface area contributed by atoms with Crippen molar-refractivity contribution in [3.63, 3.8) is 0 Å². The van der Waals surface area contributed by atoms with Gasteiger partial charge in [-0.2, -0.15) is 13.2 Å². The number of primary amides is 1. The Morgan fingerprint density at radius 2 is 1.88 bits per heavy atom. The second kappa shape index (κ2) is 8.36. The maximum Gasteiger partial charge on any atom is 0.416 e. The smallest absolute Gasteiger partial charge is 0.416 e. The number of carbonyl (C=O) groups excluding carboxylic acids is 3. The van der Waals surface area contributed by atoms with E-state index < -0.39 is 48.3 Å². The average Bonchev–Trinajstić information content (AvgIpc) is 2.49. The number of hydrogen-bond acceptors (Lipinski definition) is 5. The number of alkyl halides is 3. The lowest BCUT2D eigenvalue weighted by Gasteiger charge is -2.20. The van der Waals surface area contributed by atoms with Gasteiger partial charge in [0.05, 0.1) is 5.56 Å². The highest BCUT2D eigenvalue weighted by Crippen LogP contribution is 2.31. The van der Waals surface area contributed by atoms with E-state index in [0.717, 1.165) is 18.2 Å². The lowest BCUT2D eigenvalue weighted by molar-refractivity contribution is -0.160. The molecule has 0 aromatic heterocycles. The summed E-state index contributed by atoms with van der Waals surface area (Å²) in [7, 11) is 0. The number of hydrogen-bond donors (Lipinski definition) is 2. The molecule has 10 heteroatoms. The number of rotatable bonds is 6. The molecule has 0 heterocycles. The molecule has 0 unspecified atom stereocenters. The molecule has 3 amide bonds. The number of urea groups is 1. The molecule has 0 aliphatic carbocycles. The lowest BCUT2D eigenvalue weighted by Crippen LogP contribution is -2.46. The fraction of sp³-hybridized carbons (Fsp3) is 0.400. The molecule has 1 atom stereocenters. The van der Waals surface area contributed by atoms with Crippen LogP contribution in [0.4, 0.5) is 18.0 Å². The van der Waals surface area contributed by atoms with Crippen molar-refractivity contribution in [2.45, 2.75) is 26.1 Å². The molecule has 3 N–H and O–H groups in total. The molecule has 0 fully saturated rings. The Bertz CT molecular complexity index is 646. The van der Waals surface area contributed by atoms with Gasteiger partial charge in [0.15, 0.2) is 12.7 Å². The molecule has 1 aromatic carbocycles. The van der Waals surface area contributed by atoms with E-state index in [2.05, 4.69) is 0 Å². The summed E-state index contributed by atoms with van der Waals surface area (Å²) in [5.74, 6) is -2.56. The third kappa shape index (κ3) is 6.69. The van der Waals surface area contributed by atoms with Crippen LogP contribution in [0, 0.1) is 5.92 Å². The molecule has 0 radical (unpaired) electrons. The van der Waals surface area contributed by atoms with Crippen LogP contribution in [0.5, 0.6) is 5.75 Å². The summed E-state index contributed by atoms with van der Waals surface area (Å²) >= 11 is 0. The van der Waals surface area contributed by atoms with Crippen molar-refractivity contribution in [2.24, 2.45) is 11.7 Å². The van der Waals surface area contributed by atoms with Crippen LogP contribution in [-0.2, 0) is 20.5 Å². The van der Waals surface area contributed by atoms with Crippen molar-refractivity contribution in [2.75, 3.05) is 6.61 Å². The fourth-order valence-corrected chi connectivity index (χ4v) is 1.77. The van der Waals surface area contributed by atoms with Gasteiger partial charge in [-0.15, -0.1) is 0 Å². The topological polar surface area (TPSA) is 108 Å². The van der Waals surface area contributed by atoms with Crippen LogP contribution in [0.3, 0.4) is 0 Å². The molecule has 0 aliphatic rings. The molecule has 0 bridgehead atoms. The van der Waals surface area contributed by atoms with Crippen molar-refractivity contribution in [3.05, 3.63) is 29.8 Å². The average molecular weight is 362 g/mol. The molecule has 0 spiro atoms. The Balaban J connectivity index is 2.67. The number of esters is 1. The van der Waals surface area contributed by atoms with E-state index in [1.807, 2.05) is 0 Å². The number of benzene rings is 1. The highest BCUT2D eigenvalue weighted by atomic mass is 19.4. The number of halogens is 3. The maximum absolute atomic E-state index is 12.6. The van der Waals surface area contributed by atoms with Crippen molar-refractivity contribution in [1.29, 1.82) is 0 Å². The van der Waals surface area contributed by atoms with E-state index in [9.17, 15) is 27.6 Å². The maximum atomic E-state index is 12.6. The van der Waals surface area contributed by atoms with Gasteiger partial charge in [-0.25, -0.2) is 9.59 Å². The van der Waals surface area contributed by atoms with Crippen LogP contribution in [0.1, 0.15) is 19.4 Å². The van der Waals surface area contributed by atoms with Crippen LogP contribution in [0.15, 0.2) is 24.3 Å². The largest absolute Gasteiger partial charge is 0.482 e. The van der Waals surface area contributed by atoms with Crippen LogP contribution >= 0.6 is 0 Å². The standard InChI is InChI=1S/C15H17F3N2O5/c1-8(2)12(13(22)20-14(19)23)25-11(21)7-24-10-5-3-4-9(6-10)15(16,17)18/h3-6,8,12H,7H2,1-2H3,(H3,19,20,22,23)/t12-/m0/s1. The van der Waals surface area contributed by atoms with Gasteiger partial charge in [0.2, 0.25) is 0 Å². The van der Waals surface area contributed by atoms with Crippen LogP contribution in [0.2, 0.25) is 0 Å². The lowest BCUT2D eigenvalue weighted by atomic mass is 10.1. The molecule has 7 nitrogen and oxygen atoms in total. The monoisotopic (exact) mass is 362 g/mol. The SMILES string of the molecule is CC(C)[C@H](OC(=O)COc1cccc(C(F)(F)F)c1)C(=O)NC(N)=O. The van der Waals surface area contributed by atoms with Gasteiger partial charge in [0, 0.05) is 0 Å². The van der Waals surface area contributed by atoms with E-state index in [1.54, 1.807) is 19.2 Å². The quantitative estimate of drug-likeness (QED) is 0.751. The van der Waals surface area contributed by atoms with Crippen LogP contribution in [-0.4, -0.2) is 30.6 Å². The van der Waals surface area contributed by atoms with Gasteiger partial charge < -0.3 is 15.2 Å². The summed E-state index contributed by atoms with van der Waals surface area (Å²) in [5.41, 5.74) is 3.89. The molecular formula is C15H17F3N2O5. The molecule has 138 valence electrons. The zero-order valence-corrected chi connectivity index (χ0v) is 13.4. The summed E-state index contributed by atoms with van der Waals surface area (Å²) in [6.45, 7) is 2.41. The highest BCUT2D eigenvalue weighted by Gasteiger charge is 2.31. The number of nitrogens with two attached hydrogens (primary N) is 1. The predicted molar refractivity (Wildman–Crippen MR) is 79.4 cm³/mol. The molecular weight excluding hydrogens is 345 g/mol. The van der Waals surface area contributed by atoms with Gasteiger partial charge in [0.1, 0.15) is 5.75 Å². The minimum atomic E-state index is -4.55. The molecule has 1 rings (SSSR count). The number of amides is 3. The third-order valence-electron chi connectivity index (χ3n) is 2.89. The summed E-state index contributed by atoms with van der Waals surface area (Å²) in [6.07, 6.45) is -5.85. The molecule has 25 heavy (non-hydrogen) atoms. The van der Waals surface area contributed by atoms with Gasteiger partial charge >= 0.3 is 18.2 Å². The summed E-state index contributed by atoms with van der Waals surface area (Å²) in [5, 5.41) is 1.78. The third-order valence-corrected chi connectivity index (χ3v) is 2.89. The number of carbonyl (C=O) groups is 3. The first-order valence-corrected chi connectivity index (χ1v) is 7.10. The van der Waals surface area contributed by atoms with Crippen LogP contribution in [0.25, 0.3) is 0 Å². The zero-order chi connectivity index (χ0) is 19.2. The Labute approximate surface area is 141 Å². The summed E-state index contributed by atoms with van der Waals surface area (Å²) in [4.78, 5) is 34.1.